The van der Waals surface area contributed by atoms with Crippen LogP contribution in [0.25, 0.3) is 0 Å². The predicted octanol–water partition coefficient (Wildman–Crippen LogP) is 3.82. The second-order valence-corrected chi connectivity index (χ2v) is 5.80. The maximum absolute atomic E-state index is 12.0. The van der Waals surface area contributed by atoms with Gasteiger partial charge < -0.3 is 0 Å². The lowest BCUT2D eigenvalue weighted by Gasteiger charge is -2.22. The van der Waals surface area contributed by atoms with Crippen LogP contribution in [0.3, 0.4) is 0 Å². The van der Waals surface area contributed by atoms with Gasteiger partial charge in [0, 0.05) is 12.3 Å². The van der Waals surface area contributed by atoms with Crippen LogP contribution in [0.4, 0.5) is 0 Å². The highest BCUT2D eigenvalue weighted by atomic mass is 16.1. The summed E-state index contributed by atoms with van der Waals surface area (Å²) in [6.07, 6.45) is 8.76. The van der Waals surface area contributed by atoms with Crippen LogP contribution >= 0.6 is 0 Å². The van der Waals surface area contributed by atoms with Gasteiger partial charge in [-0.1, -0.05) is 26.7 Å². The molecule has 0 amide bonds. The van der Waals surface area contributed by atoms with Crippen molar-refractivity contribution in [3.05, 3.63) is 0 Å². The monoisotopic (exact) mass is 208 g/mol. The summed E-state index contributed by atoms with van der Waals surface area (Å²) < 4.78 is 0. The number of hydrogen-bond acceptors (Lipinski definition) is 1. The molecule has 0 spiro atoms. The molecule has 0 heterocycles. The van der Waals surface area contributed by atoms with Crippen molar-refractivity contribution < 1.29 is 4.79 Å². The van der Waals surface area contributed by atoms with Gasteiger partial charge in [0.25, 0.3) is 0 Å². The van der Waals surface area contributed by atoms with Crippen molar-refractivity contribution >= 4 is 5.78 Å². The average molecular weight is 208 g/mol. The molecule has 0 aromatic rings. The van der Waals surface area contributed by atoms with Crippen molar-refractivity contribution in [3.8, 4) is 0 Å². The molecule has 0 aromatic heterocycles. The summed E-state index contributed by atoms with van der Waals surface area (Å²) >= 11 is 0. The fourth-order valence-electron chi connectivity index (χ4n) is 3.68. The van der Waals surface area contributed by atoms with E-state index in [1.165, 1.54) is 25.7 Å². The Balaban J connectivity index is 1.79. The predicted molar refractivity (Wildman–Crippen MR) is 62.6 cm³/mol. The fraction of sp³-hybridized carbons (Fsp3) is 0.929. The molecule has 2 rings (SSSR count). The molecule has 1 nitrogen and oxygen atoms in total. The standard InChI is InChI=1S/C14H24O/c1-3-4-10(2)14(15)9-13-8-11-5-6-12(13)7-11/h10-13H,3-9H2,1-2H3. The highest BCUT2D eigenvalue weighted by Gasteiger charge is 2.40. The van der Waals surface area contributed by atoms with Crippen LogP contribution in [0.2, 0.25) is 0 Å². The van der Waals surface area contributed by atoms with E-state index in [1.54, 1.807) is 0 Å². The summed E-state index contributed by atoms with van der Waals surface area (Å²) in [6.45, 7) is 4.28. The Morgan fingerprint density at radius 3 is 2.67 bits per heavy atom. The highest BCUT2D eigenvalue weighted by molar-refractivity contribution is 5.80. The summed E-state index contributed by atoms with van der Waals surface area (Å²) in [5.41, 5.74) is 0. The molecule has 0 saturated heterocycles. The van der Waals surface area contributed by atoms with Crippen LogP contribution in [-0.2, 0) is 4.79 Å². The van der Waals surface area contributed by atoms with Gasteiger partial charge in [0.1, 0.15) is 5.78 Å². The van der Waals surface area contributed by atoms with Crippen molar-refractivity contribution in [3.63, 3.8) is 0 Å². The number of fused-ring (bicyclic) bond motifs is 2. The van der Waals surface area contributed by atoms with Gasteiger partial charge >= 0.3 is 0 Å². The Hall–Kier alpha value is -0.330. The van der Waals surface area contributed by atoms with Crippen LogP contribution in [0.15, 0.2) is 0 Å². The first-order valence-corrected chi connectivity index (χ1v) is 6.73. The molecule has 0 aliphatic heterocycles. The second kappa shape index (κ2) is 4.67. The summed E-state index contributed by atoms with van der Waals surface area (Å²) in [5.74, 6) is 3.50. The fourth-order valence-corrected chi connectivity index (χ4v) is 3.68. The van der Waals surface area contributed by atoms with E-state index < -0.39 is 0 Å². The van der Waals surface area contributed by atoms with E-state index in [0.29, 0.717) is 11.7 Å². The SMILES string of the molecule is CCCC(C)C(=O)CC1CC2CCC1C2. The van der Waals surface area contributed by atoms with E-state index >= 15 is 0 Å². The molecular formula is C14H24O. The van der Waals surface area contributed by atoms with Crippen molar-refractivity contribution in [1.29, 1.82) is 0 Å². The number of rotatable bonds is 5. The second-order valence-electron chi connectivity index (χ2n) is 5.80. The molecule has 86 valence electrons. The van der Waals surface area contributed by atoms with Crippen LogP contribution < -0.4 is 0 Å². The zero-order valence-corrected chi connectivity index (χ0v) is 10.2. The first-order chi connectivity index (χ1) is 7.20. The van der Waals surface area contributed by atoms with Crippen molar-refractivity contribution in [2.45, 2.75) is 58.8 Å². The normalized spacial score (nSPS) is 35.7. The van der Waals surface area contributed by atoms with Crippen LogP contribution in [-0.4, -0.2) is 5.78 Å². The molecule has 2 aliphatic rings. The Bertz CT molecular complexity index is 233. The first kappa shape index (κ1) is 11.2. The molecule has 0 aromatic carbocycles. The molecular weight excluding hydrogens is 184 g/mol. The smallest absolute Gasteiger partial charge is 0.135 e. The van der Waals surface area contributed by atoms with E-state index in [2.05, 4.69) is 13.8 Å². The quantitative estimate of drug-likeness (QED) is 0.671. The third-order valence-electron chi connectivity index (χ3n) is 4.62. The van der Waals surface area contributed by atoms with Gasteiger partial charge in [-0.3, -0.25) is 4.79 Å². The number of carbonyl (C=O) groups is 1. The van der Waals surface area contributed by atoms with E-state index in [-0.39, 0.29) is 0 Å². The van der Waals surface area contributed by atoms with Crippen molar-refractivity contribution in [2.75, 3.05) is 0 Å². The number of Topliss-reactive ketones (excluding diaryl/α,β-unsaturated/α-hetero) is 1. The summed E-state index contributed by atoms with van der Waals surface area (Å²) in [4.78, 5) is 12.0. The van der Waals surface area contributed by atoms with E-state index in [4.69, 9.17) is 0 Å². The number of hydrogen-bond donors (Lipinski definition) is 0. The average Bonchev–Trinajstić information content (AvgIpc) is 2.79. The van der Waals surface area contributed by atoms with Crippen LogP contribution in [0.5, 0.6) is 0 Å². The molecule has 0 radical (unpaired) electrons. The van der Waals surface area contributed by atoms with E-state index in [9.17, 15) is 4.79 Å². The number of carbonyl (C=O) groups excluding carboxylic acids is 1. The molecule has 0 N–H and O–H groups in total. The largest absolute Gasteiger partial charge is 0.299 e. The molecule has 2 saturated carbocycles. The molecule has 2 fully saturated rings. The molecule has 1 heteroatoms. The lowest BCUT2D eigenvalue weighted by atomic mass is 9.82. The topological polar surface area (TPSA) is 17.1 Å². The molecule has 15 heavy (non-hydrogen) atoms. The Labute approximate surface area is 93.6 Å². The van der Waals surface area contributed by atoms with Gasteiger partial charge in [-0.25, -0.2) is 0 Å². The Kier molecular flexibility index (Phi) is 3.48. The van der Waals surface area contributed by atoms with E-state index in [1.807, 2.05) is 0 Å². The highest BCUT2D eigenvalue weighted by Crippen LogP contribution is 2.49. The minimum atomic E-state index is 0.314. The van der Waals surface area contributed by atoms with E-state index in [0.717, 1.165) is 37.0 Å². The van der Waals surface area contributed by atoms with Gasteiger partial charge in [0.2, 0.25) is 0 Å². The summed E-state index contributed by atoms with van der Waals surface area (Å²) in [6, 6.07) is 0. The molecule has 4 unspecified atom stereocenters. The zero-order chi connectivity index (χ0) is 10.8. The molecule has 2 bridgehead atoms. The summed E-state index contributed by atoms with van der Waals surface area (Å²) in [7, 11) is 0. The van der Waals surface area contributed by atoms with Crippen LogP contribution in [0, 0.1) is 23.7 Å². The van der Waals surface area contributed by atoms with Crippen LogP contribution in [0.1, 0.15) is 58.8 Å². The van der Waals surface area contributed by atoms with Gasteiger partial charge in [0.05, 0.1) is 0 Å². The third kappa shape index (κ3) is 2.43. The van der Waals surface area contributed by atoms with Gasteiger partial charge in [-0.2, -0.15) is 0 Å². The lowest BCUT2D eigenvalue weighted by molar-refractivity contribution is -0.123. The Morgan fingerprint density at radius 1 is 1.33 bits per heavy atom. The zero-order valence-electron chi connectivity index (χ0n) is 10.2. The summed E-state index contributed by atoms with van der Waals surface area (Å²) in [5, 5.41) is 0. The lowest BCUT2D eigenvalue weighted by Crippen LogP contribution is -2.19. The number of ketones is 1. The first-order valence-electron chi connectivity index (χ1n) is 6.73. The van der Waals surface area contributed by atoms with Gasteiger partial charge in [-0.15, -0.1) is 0 Å². The van der Waals surface area contributed by atoms with Crippen molar-refractivity contribution in [1.82, 2.24) is 0 Å². The third-order valence-corrected chi connectivity index (χ3v) is 4.62. The Morgan fingerprint density at radius 2 is 2.13 bits per heavy atom. The maximum Gasteiger partial charge on any atom is 0.135 e. The minimum Gasteiger partial charge on any atom is -0.299 e. The van der Waals surface area contributed by atoms with Gasteiger partial charge in [-0.05, 0) is 43.4 Å². The maximum atomic E-state index is 12.0. The molecule has 4 atom stereocenters. The van der Waals surface area contributed by atoms with Gasteiger partial charge in [0.15, 0.2) is 0 Å². The molecule has 2 aliphatic carbocycles. The minimum absolute atomic E-state index is 0.314. The van der Waals surface area contributed by atoms with Crippen molar-refractivity contribution in [2.24, 2.45) is 23.7 Å².